The minimum absolute atomic E-state index is 0.215. The van der Waals surface area contributed by atoms with E-state index >= 15 is 0 Å². The fourth-order valence-corrected chi connectivity index (χ4v) is 5.00. The number of amides is 1. The van der Waals surface area contributed by atoms with Crippen molar-refractivity contribution in [2.75, 3.05) is 26.7 Å². The molecular formula is C22H27FN4O2. The molecule has 1 saturated carbocycles. The molecule has 3 heterocycles. The Kier molecular flexibility index (Phi) is 4.57. The van der Waals surface area contributed by atoms with Crippen molar-refractivity contribution in [1.82, 2.24) is 19.8 Å². The Morgan fingerprint density at radius 1 is 1.31 bits per heavy atom. The third-order valence-electron chi connectivity index (χ3n) is 6.76. The molecular weight excluding hydrogens is 371 g/mol. The van der Waals surface area contributed by atoms with Crippen molar-refractivity contribution in [2.24, 2.45) is 5.92 Å². The van der Waals surface area contributed by atoms with Gasteiger partial charge in [-0.25, -0.2) is 9.37 Å². The molecule has 154 valence electrons. The summed E-state index contributed by atoms with van der Waals surface area (Å²) in [5.74, 6) is 0.471. The van der Waals surface area contributed by atoms with Crippen molar-refractivity contribution in [3.05, 3.63) is 47.3 Å². The molecule has 29 heavy (non-hydrogen) atoms. The summed E-state index contributed by atoms with van der Waals surface area (Å²) in [4.78, 5) is 25.5. The maximum atomic E-state index is 14.0. The summed E-state index contributed by atoms with van der Waals surface area (Å²) >= 11 is 0. The zero-order valence-corrected chi connectivity index (χ0v) is 16.8. The summed E-state index contributed by atoms with van der Waals surface area (Å²) in [5, 5.41) is 0. The van der Waals surface area contributed by atoms with Crippen molar-refractivity contribution in [3.8, 4) is 5.75 Å². The molecule has 3 aliphatic rings. The third-order valence-corrected chi connectivity index (χ3v) is 6.76. The molecule has 0 radical (unpaired) electrons. The Balaban J connectivity index is 1.34. The first-order chi connectivity index (χ1) is 14.1. The Labute approximate surface area is 170 Å². The lowest BCUT2D eigenvalue weighted by Gasteiger charge is -2.50. The highest BCUT2D eigenvalue weighted by Gasteiger charge is 2.50. The van der Waals surface area contributed by atoms with Crippen LogP contribution in [0, 0.1) is 11.7 Å². The first-order valence-electron chi connectivity index (χ1n) is 10.5. The van der Waals surface area contributed by atoms with E-state index in [-0.39, 0.29) is 23.0 Å². The minimum atomic E-state index is -0.326. The second-order valence-corrected chi connectivity index (χ2v) is 8.52. The quantitative estimate of drug-likeness (QED) is 0.860. The average Bonchev–Trinajstić information content (AvgIpc) is 3.47. The Morgan fingerprint density at radius 2 is 2.10 bits per heavy atom. The van der Waals surface area contributed by atoms with Crippen LogP contribution in [-0.4, -0.2) is 52.4 Å². The van der Waals surface area contributed by atoms with E-state index in [4.69, 9.17) is 4.74 Å². The standard InChI is InChI=1S/C22H27FN4O2/c1-29-19-5-2-15(12-17(19)23)13-26-10-7-22(8-11-26)20-18(24-14-25-20)6-9-27(22)21(28)16-3-4-16/h2,5,12,14,16H,3-4,6-11,13H2,1H3,(H,24,25). The van der Waals surface area contributed by atoms with Crippen LogP contribution in [0.1, 0.15) is 42.6 Å². The van der Waals surface area contributed by atoms with Gasteiger partial charge in [-0.15, -0.1) is 0 Å². The lowest BCUT2D eigenvalue weighted by Crippen LogP contribution is -2.58. The number of piperidine rings is 1. The van der Waals surface area contributed by atoms with Gasteiger partial charge in [0.05, 0.1) is 24.7 Å². The van der Waals surface area contributed by atoms with Crippen molar-refractivity contribution in [1.29, 1.82) is 0 Å². The Morgan fingerprint density at radius 3 is 2.79 bits per heavy atom. The number of carbonyl (C=O) groups excluding carboxylic acids is 1. The third kappa shape index (κ3) is 3.21. The van der Waals surface area contributed by atoms with E-state index in [1.54, 1.807) is 18.5 Å². The van der Waals surface area contributed by atoms with Gasteiger partial charge in [0.2, 0.25) is 5.91 Å². The van der Waals surface area contributed by atoms with Crippen molar-refractivity contribution >= 4 is 5.91 Å². The fourth-order valence-electron chi connectivity index (χ4n) is 5.00. The number of H-pyrrole nitrogens is 1. The molecule has 1 N–H and O–H groups in total. The molecule has 0 bridgehead atoms. The highest BCUT2D eigenvalue weighted by molar-refractivity contribution is 5.82. The van der Waals surface area contributed by atoms with Crippen LogP contribution in [-0.2, 0) is 23.3 Å². The van der Waals surface area contributed by atoms with Gasteiger partial charge in [0.25, 0.3) is 0 Å². The summed E-state index contributed by atoms with van der Waals surface area (Å²) in [7, 11) is 1.48. The molecule has 1 aromatic heterocycles. The van der Waals surface area contributed by atoms with E-state index in [0.717, 1.165) is 63.0 Å². The van der Waals surface area contributed by atoms with E-state index in [0.29, 0.717) is 12.5 Å². The number of rotatable bonds is 4. The van der Waals surface area contributed by atoms with Gasteiger partial charge in [0.15, 0.2) is 11.6 Å². The number of hydrogen-bond donors (Lipinski definition) is 1. The number of methoxy groups -OCH3 is 1. The number of nitrogens with one attached hydrogen (secondary N) is 1. The Bertz CT molecular complexity index is 915. The molecule has 1 amide bonds. The van der Waals surface area contributed by atoms with E-state index in [1.165, 1.54) is 12.8 Å². The number of ether oxygens (including phenoxy) is 1. The van der Waals surface area contributed by atoms with Gasteiger partial charge in [-0.2, -0.15) is 0 Å². The second kappa shape index (κ2) is 7.13. The summed E-state index contributed by atoms with van der Waals surface area (Å²) < 4.78 is 19.1. The van der Waals surface area contributed by atoms with Crippen molar-refractivity contribution in [3.63, 3.8) is 0 Å². The predicted octanol–water partition coefficient (Wildman–Crippen LogP) is 2.84. The number of aromatic nitrogens is 2. The molecule has 5 rings (SSSR count). The van der Waals surface area contributed by atoms with Gasteiger partial charge in [-0.1, -0.05) is 6.07 Å². The number of hydrogen-bond acceptors (Lipinski definition) is 4. The zero-order valence-electron chi connectivity index (χ0n) is 16.8. The number of carbonyl (C=O) groups is 1. The van der Waals surface area contributed by atoms with Crippen molar-refractivity contribution < 1.29 is 13.9 Å². The predicted molar refractivity (Wildman–Crippen MR) is 106 cm³/mol. The van der Waals surface area contributed by atoms with Crippen LogP contribution in [0.4, 0.5) is 4.39 Å². The fraction of sp³-hybridized carbons (Fsp3) is 0.545. The lowest BCUT2D eigenvalue weighted by molar-refractivity contribution is -0.143. The van der Waals surface area contributed by atoms with Crippen LogP contribution < -0.4 is 4.74 Å². The van der Waals surface area contributed by atoms with E-state index in [2.05, 4.69) is 19.8 Å². The first-order valence-corrected chi connectivity index (χ1v) is 10.5. The molecule has 1 aromatic carbocycles. The van der Waals surface area contributed by atoms with E-state index in [1.807, 2.05) is 6.07 Å². The van der Waals surface area contributed by atoms with Gasteiger partial charge in [-0.3, -0.25) is 9.69 Å². The molecule has 2 aliphatic heterocycles. The summed E-state index contributed by atoms with van der Waals surface area (Å²) in [6, 6.07) is 5.16. The maximum Gasteiger partial charge on any atom is 0.226 e. The van der Waals surface area contributed by atoms with Crippen LogP contribution in [0.3, 0.4) is 0 Å². The number of benzene rings is 1. The number of likely N-dealkylation sites (tertiary alicyclic amines) is 1. The van der Waals surface area contributed by atoms with Crippen LogP contribution in [0.25, 0.3) is 0 Å². The smallest absolute Gasteiger partial charge is 0.226 e. The largest absolute Gasteiger partial charge is 0.494 e. The lowest BCUT2D eigenvalue weighted by atomic mass is 9.78. The summed E-state index contributed by atoms with van der Waals surface area (Å²) in [5.41, 5.74) is 2.88. The van der Waals surface area contributed by atoms with Gasteiger partial charge in [0, 0.05) is 44.2 Å². The molecule has 2 aromatic rings. The molecule has 0 atom stereocenters. The summed E-state index contributed by atoms with van der Waals surface area (Å²) in [6.07, 6.45) is 6.39. The van der Waals surface area contributed by atoms with Gasteiger partial charge >= 0.3 is 0 Å². The van der Waals surface area contributed by atoms with Crippen LogP contribution in [0.5, 0.6) is 5.75 Å². The highest BCUT2D eigenvalue weighted by atomic mass is 19.1. The van der Waals surface area contributed by atoms with Crippen LogP contribution in [0.2, 0.25) is 0 Å². The average molecular weight is 398 g/mol. The number of nitrogens with zero attached hydrogens (tertiary/aromatic N) is 3. The zero-order chi connectivity index (χ0) is 20.0. The SMILES string of the molecule is COc1ccc(CN2CCC3(CC2)c2nc[nH]c2CCN3C(=O)C2CC2)cc1F. The van der Waals surface area contributed by atoms with Gasteiger partial charge in [0.1, 0.15) is 0 Å². The van der Waals surface area contributed by atoms with Gasteiger partial charge in [-0.05, 0) is 43.4 Å². The van der Waals surface area contributed by atoms with Crippen LogP contribution in [0.15, 0.2) is 24.5 Å². The van der Waals surface area contributed by atoms with Crippen LogP contribution >= 0.6 is 0 Å². The van der Waals surface area contributed by atoms with E-state index < -0.39 is 0 Å². The minimum Gasteiger partial charge on any atom is -0.494 e. The molecule has 1 spiro atoms. The summed E-state index contributed by atoms with van der Waals surface area (Å²) in [6.45, 7) is 3.18. The van der Waals surface area contributed by atoms with E-state index in [9.17, 15) is 9.18 Å². The first kappa shape index (κ1) is 18.6. The maximum absolute atomic E-state index is 14.0. The second-order valence-electron chi connectivity index (χ2n) is 8.52. The topological polar surface area (TPSA) is 61.5 Å². The molecule has 1 saturated heterocycles. The number of halogens is 1. The molecule has 2 fully saturated rings. The van der Waals surface area contributed by atoms with Gasteiger partial charge < -0.3 is 14.6 Å². The number of aromatic amines is 1. The molecule has 1 aliphatic carbocycles. The van der Waals surface area contributed by atoms with Crippen molar-refractivity contribution in [2.45, 2.75) is 44.2 Å². The number of fused-ring (bicyclic) bond motifs is 2. The number of imidazole rings is 1. The Hall–Kier alpha value is -2.41. The normalized spacial score (nSPS) is 21.2. The molecule has 6 nitrogen and oxygen atoms in total. The molecule has 7 heteroatoms. The monoisotopic (exact) mass is 398 g/mol. The molecule has 0 unspecified atom stereocenters. The highest BCUT2D eigenvalue weighted by Crippen LogP contribution is 2.45.